The van der Waals surface area contributed by atoms with E-state index in [-0.39, 0.29) is 11.8 Å². The quantitative estimate of drug-likeness (QED) is 0.654. The van der Waals surface area contributed by atoms with E-state index in [4.69, 9.17) is 10.5 Å². The van der Waals surface area contributed by atoms with Crippen LogP contribution in [-0.2, 0) is 4.74 Å². The highest BCUT2D eigenvalue weighted by molar-refractivity contribution is 5.96. The summed E-state index contributed by atoms with van der Waals surface area (Å²) < 4.78 is 7.21. The van der Waals surface area contributed by atoms with Gasteiger partial charge in [-0.2, -0.15) is 5.10 Å². The molecule has 0 aromatic carbocycles. The number of hydrogen-bond acceptors (Lipinski definition) is 5. The zero-order chi connectivity index (χ0) is 13.8. The average Bonchev–Trinajstić information content (AvgIpc) is 2.81. The highest BCUT2D eigenvalue weighted by Crippen LogP contribution is 2.29. The summed E-state index contributed by atoms with van der Waals surface area (Å²) in [6.07, 6.45) is 4.13. The fourth-order valence-corrected chi connectivity index (χ4v) is 1.89. The number of rotatable bonds is 4. The van der Waals surface area contributed by atoms with E-state index in [1.807, 2.05) is 0 Å². The second-order valence-corrected chi connectivity index (χ2v) is 4.55. The van der Waals surface area contributed by atoms with Gasteiger partial charge in [0.25, 0.3) is 5.91 Å². The van der Waals surface area contributed by atoms with Gasteiger partial charge in [0, 0.05) is 20.7 Å². The second-order valence-electron chi connectivity index (χ2n) is 4.55. The molecule has 1 aliphatic rings. The van der Waals surface area contributed by atoms with Crippen molar-refractivity contribution >= 4 is 11.7 Å². The topological polar surface area (TPSA) is 98.1 Å². The van der Waals surface area contributed by atoms with Crippen LogP contribution < -0.4 is 5.73 Å². The maximum absolute atomic E-state index is 11.4. The summed E-state index contributed by atoms with van der Waals surface area (Å²) >= 11 is 0. The van der Waals surface area contributed by atoms with Gasteiger partial charge in [-0.3, -0.25) is 9.80 Å². The van der Waals surface area contributed by atoms with Crippen LogP contribution in [0, 0.1) is 0 Å². The van der Waals surface area contributed by atoms with Gasteiger partial charge in [-0.15, -0.1) is 5.11 Å². The minimum Gasteiger partial charge on any atom is -0.365 e. The third kappa shape index (κ3) is 3.08. The van der Waals surface area contributed by atoms with E-state index in [0.29, 0.717) is 12.4 Å². The largest absolute Gasteiger partial charge is 0.365 e. The number of hydrogen-bond donors (Lipinski definition) is 1. The van der Waals surface area contributed by atoms with E-state index >= 15 is 0 Å². The van der Waals surface area contributed by atoms with Crippen LogP contribution in [0.4, 0.5) is 5.82 Å². The molecule has 1 fully saturated rings. The summed E-state index contributed by atoms with van der Waals surface area (Å²) in [7, 11) is 3.48. The van der Waals surface area contributed by atoms with Crippen molar-refractivity contribution in [2.45, 2.75) is 25.5 Å². The number of amides is 1. The Labute approximate surface area is 111 Å². The number of aromatic nitrogens is 2. The molecular weight excluding hydrogens is 248 g/mol. The van der Waals surface area contributed by atoms with Gasteiger partial charge in [-0.05, 0) is 19.3 Å². The molecule has 0 saturated carbocycles. The number of carbonyl (C=O) groups is 1. The van der Waals surface area contributed by atoms with E-state index < -0.39 is 5.91 Å². The van der Waals surface area contributed by atoms with Crippen LogP contribution in [0.3, 0.4) is 0 Å². The van der Waals surface area contributed by atoms with Crippen LogP contribution in [0.2, 0.25) is 0 Å². The molecule has 2 rings (SSSR count). The zero-order valence-electron chi connectivity index (χ0n) is 11.1. The molecule has 19 heavy (non-hydrogen) atoms. The standard InChI is InChI=1S/C11H18N6O2/c1-16(2)15-14-11-8(10(12)18)7-13-17(11)9-5-3-4-6-19-9/h7,9H,3-6H2,1-2H3,(H2,12,18)/b15-14-. The molecule has 104 valence electrons. The minimum absolute atomic E-state index is 0.210. The molecule has 1 unspecified atom stereocenters. The first-order valence-electron chi connectivity index (χ1n) is 6.17. The van der Waals surface area contributed by atoms with Crippen LogP contribution in [0.5, 0.6) is 0 Å². The highest BCUT2D eigenvalue weighted by atomic mass is 16.5. The maximum Gasteiger partial charge on any atom is 0.254 e. The number of primary amides is 1. The Balaban J connectivity index is 2.34. The third-order valence-corrected chi connectivity index (χ3v) is 2.78. The molecule has 8 nitrogen and oxygen atoms in total. The fourth-order valence-electron chi connectivity index (χ4n) is 1.89. The summed E-state index contributed by atoms with van der Waals surface area (Å²) in [5.74, 6) is -0.233. The lowest BCUT2D eigenvalue weighted by Crippen LogP contribution is -2.19. The number of nitrogens with two attached hydrogens (primary N) is 1. The van der Waals surface area contributed by atoms with E-state index in [1.165, 1.54) is 11.2 Å². The van der Waals surface area contributed by atoms with Crippen molar-refractivity contribution in [2.75, 3.05) is 20.7 Å². The summed E-state index contributed by atoms with van der Waals surface area (Å²) in [4.78, 5) is 11.4. The van der Waals surface area contributed by atoms with E-state index in [9.17, 15) is 4.79 Å². The molecule has 0 radical (unpaired) electrons. The molecule has 1 aliphatic heterocycles. The molecule has 1 saturated heterocycles. The van der Waals surface area contributed by atoms with Crippen molar-refractivity contribution in [1.82, 2.24) is 14.8 Å². The average molecular weight is 266 g/mol. The van der Waals surface area contributed by atoms with Crippen LogP contribution in [0.1, 0.15) is 35.8 Å². The SMILES string of the molecule is CN(C)/N=N\c1c(C(N)=O)cnn1C1CCCCO1. The first-order valence-corrected chi connectivity index (χ1v) is 6.17. The van der Waals surface area contributed by atoms with Gasteiger partial charge in [0.15, 0.2) is 12.0 Å². The normalized spacial score (nSPS) is 19.8. The van der Waals surface area contributed by atoms with Gasteiger partial charge in [-0.1, -0.05) is 5.22 Å². The Morgan fingerprint density at radius 3 is 2.95 bits per heavy atom. The first kappa shape index (κ1) is 13.5. The van der Waals surface area contributed by atoms with Crippen molar-refractivity contribution < 1.29 is 9.53 Å². The summed E-state index contributed by atoms with van der Waals surface area (Å²) in [5.41, 5.74) is 5.57. The minimum atomic E-state index is -0.574. The van der Waals surface area contributed by atoms with Gasteiger partial charge in [0.1, 0.15) is 5.56 Å². The third-order valence-electron chi connectivity index (χ3n) is 2.78. The smallest absolute Gasteiger partial charge is 0.254 e. The van der Waals surface area contributed by atoms with Crippen molar-refractivity contribution in [3.05, 3.63) is 11.8 Å². The van der Waals surface area contributed by atoms with Gasteiger partial charge in [0.2, 0.25) is 0 Å². The molecule has 2 heterocycles. The molecule has 0 bridgehead atoms. The Morgan fingerprint density at radius 2 is 2.37 bits per heavy atom. The highest BCUT2D eigenvalue weighted by Gasteiger charge is 2.23. The predicted molar refractivity (Wildman–Crippen MR) is 67.8 cm³/mol. The van der Waals surface area contributed by atoms with Crippen LogP contribution >= 0.6 is 0 Å². The van der Waals surface area contributed by atoms with Crippen LogP contribution in [0.25, 0.3) is 0 Å². The van der Waals surface area contributed by atoms with Gasteiger partial charge in [0.05, 0.1) is 6.20 Å². The molecule has 1 aromatic heterocycles. The number of nitrogens with zero attached hydrogens (tertiary/aromatic N) is 5. The Bertz CT molecular complexity index is 476. The van der Waals surface area contributed by atoms with E-state index in [2.05, 4.69) is 15.4 Å². The lowest BCUT2D eigenvalue weighted by molar-refractivity contribution is -0.0384. The number of ether oxygens (including phenoxy) is 1. The predicted octanol–water partition coefficient (Wildman–Crippen LogP) is 1.24. The van der Waals surface area contributed by atoms with Gasteiger partial charge >= 0.3 is 0 Å². The van der Waals surface area contributed by atoms with Crippen molar-refractivity contribution in [1.29, 1.82) is 0 Å². The zero-order valence-corrected chi connectivity index (χ0v) is 11.1. The molecular formula is C11H18N6O2. The van der Waals surface area contributed by atoms with Crippen LogP contribution in [0.15, 0.2) is 16.5 Å². The molecule has 8 heteroatoms. The van der Waals surface area contributed by atoms with Crippen molar-refractivity contribution in [2.24, 2.45) is 16.1 Å². The van der Waals surface area contributed by atoms with Crippen LogP contribution in [-0.4, -0.2) is 41.4 Å². The lowest BCUT2D eigenvalue weighted by atomic mass is 10.2. The summed E-state index contributed by atoms with van der Waals surface area (Å²) in [6, 6.07) is 0. The number of carbonyl (C=O) groups excluding carboxylic acids is 1. The molecule has 1 atom stereocenters. The summed E-state index contributed by atoms with van der Waals surface area (Å²) in [5, 5.41) is 13.6. The first-order chi connectivity index (χ1) is 9.09. The Morgan fingerprint density at radius 1 is 1.58 bits per heavy atom. The molecule has 0 spiro atoms. The molecule has 0 aliphatic carbocycles. The van der Waals surface area contributed by atoms with E-state index in [0.717, 1.165) is 19.3 Å². The lowest BCUT2D eigenvalue weighted by Gasteiger charge is -2.23. The van der Waals surface area contributed by atoms with Crippen molar-refractivity contribution in [3.63, 3.8) is 0 Å². The van der Waals surface area contributed by atoms with Gasteiger partial charge < -0.3 is 10.5 Å². The maximum atomic E-state index is 11.4. The Hall–Kier alpha value is -1.96. The Kier molecular flexibility index (Phi) is 4.10. The molecule has 1 amide bonds. The fraction of sp³-hybridized carbons (Fsp3) is 0.636. The molecule has 2 N–H and O–H groups in total. The van der Waals surface area contributed by atoms with E-state index in [1.54, 1.807) is 18.8 Å². The van der Waals surface area contributed by atoms with Gasteiger partial charge in [-0.25, -0.2) is 4.68 Å². The molecule has 1 aromatic rings. The summed E-state index contributed by atoms with van der Waals surface area (Å²) in [6.45, 7) is 0.681. The second kappa shape index (κ2) is 5.79. The monoisotopic (exact) mass is 266 g/mol. The van der Waals surface area contributed by atoms with Crippen molar-refractivity contribution in [3.8, 4) is 0 Å².